The molecule has 3 aliphatic heterocycles. The van der Waals surface area contributed by atoms with E-state index in [9.17, 15) is 9.59 Å². The maximum Gasteiger partial charge on any atom is 0.226 e. The zero-order valence-electron chi connectivity index (χ0n) is 28.8. The monoisotopic (exact) mass is 633 g/mol. The number of fused-ring (bicyclic) bond motifs is 3. The number of hydrogen-bond acceptors (Lipinski definition) is 6. The van der Waals surface area contributed by atoms with Crippen LogP contribution in [0.1, 0.15) is 89.9 Å². The Balaban J connectivity index is 1.21. The number of rotatable bonds is 12. The third-order valence-corrected chi connectivity index (χ3v) is 10.3. The molecule has 0 bridgehead atoms. The number of carbonyl (C=O) groups excluding carboxylic acids is 2. The molecule has 8 nitrogen and oxygen atoms in total. The van der Waals surface area contributed by atoms with Gasteiger partial charge in [0.15, 0.2) is 0 Å². The fourth-order valence-corrected chi connectivity index (χ4v) is 7.32. The van der Waals surface area contributed by atoms with Crippen molar-refractivity contribution in [3.05, 3.63) is 59.7 Å². The van der Waals surface area contributed by atoms with Crippen molar-refractivity contribution in [2.45, 2.75) is 97.1 Å². The SMILES string of the molecule is CC(C)CCC1(C(=O)NCCN(C)C)CCN(C(=O)C[C@@H]2CC[C@@H]3[C@@H](O2)c2cc(OCc4ccccc4)ccc2OC3(C)C)CC1. The quantitative estimate of drug-likeness (QED) is 0.292. The van der Waals surface area contributed by atoms with Gasteiger partial charge in [0, 0.05) is 37.7 Å². The summed E-state index contributed by atoms with van der Waals surface area (Å²) in [5, 5.41) is 3.20. The molecule has 5 rings (SSSR count). The molecule has 3 heterocycles. The number of benzene rings is 2. The van der Waals surface area contributed by atoms with Crippen molar-refractivity contribution in [1.29, 1.82) is 0 Å². The maximum atomic E-state index is 13.7. The van der Waals surface area contributed by atoms with Crippen molar-refractivity contribution in [1.82, 2.24) is 15.1 Å². The summed E-state index contributed by atoms with van der Waals surface area (Å²) in [6, 6.07) is 16.1. The summed E-state index contributed by atoms with van der Waals surface area (Å²) in [5.74, 6) is 2.59. The molecule has 0 aromatic heterocycles. The Morgan fingerprint density at radius 3 is 2.50 bits per heavy atom. The van der Waals surface area contributed by atoms with Crippen LogP contribution in [0.5, 0.6) is 11.5 Å². The minimum Gasteiger partial charge on any atom is -0.489 e. The lowest BCUT2D eigenvalue weighted by Gasteiger charge is -2.49. The Kier molecular flexibility index (Phi) is 11.0. The van der Waals surface area contributed by atoms with Crippen molar-refractivity contribution >= 4 is 11.8 Å². The number of ether oxygens (including phenoxy) is 3. The fourth-order valence-electron chi connectivity index (χ4n) is 7.32. The molecule has 2 fully saturated rings. The van der Waals surface area contributed by atoms with Crippen molar-refractivity contribution in [2.75, 3.05) is 40.3 Å². The van der Waals surface area contributed by atoms with Crippen LogP contribution in [-0.2, 0) is 20.9 Å². The molecular formula is C38H55N3O5. The number of carbonyl (C=O) groups is 2. The van der Waals surface area contributed by atoms with Gasteiger partial charge in [0.1, 0.15) is 23.7 Å². The summed E-state index contributed by atoms with van der Waals surface area (Å²) in [5.41, 5.74) is 1.33. The van der Waals surface area contributed by atoms with Crippen LogP contribution in [0, 0.1) is 17.3 Å². The highest BCUT2D eigenvalue weighted by Crippen LogP contribution is 2.51. The van der Waals surface area contributed by atoms with Gasteiger partial charge >= 0.3 is 0 Å². The molecule has 0 radical (unpaired) electrons. The van der Waals surface area contributed by atoms with Crippen molar-refractivity contribution in [3.63, 3.8) is 0 Å². The van der Waals surface area contributed by atoms with Crippen LogP contribution >= 0.6 is 0 Å². The minimum absolute atomic E-state index is 0.125. The summed E-state index contributed by atoms with van der Waals surface area (Å²) < 4.78 is 19.4. The van der Waals surface area contributed by atoms with E-state index in [2.05, 4.69) is 56.1 Å². The normalized spacial score (nSPS) is 23.3. The summed E-state index contributed by atoms with van der Waals surface area (Å²) in [4.78, 5) is 31.2. The number of nitrogens with zero attached hydrogens (tertiary/aromatic N) is 2. The van der Waals surface area contributed by atoms with Crippen LogP contribution in [0.15, 0.2) is 48.5 Å². The molecule has 2 aromatic rings. The molecule has 46 heavy (non-hydrogen) atoms. The fraction of sp³-hybridized carbons (Fsp3) is 0.632. The first-order chi connectivity index (χ1) is 22.0. The molecular weight excluding hydrogens is 578 g/mol. The summed E-state index contributed by atoms with van der Waals surface area (Å²) >= 11 is 0. The highest BCUT2D eigenvalue weighted by Gasteiger charge is 2.48. The number of amides is 2. The average molecular weight is 634 g/mol. The van der Waals surface area contributed by atoms with E-state index < -0.39 is 5.41 Å². The molecule has 0 unspecified atom stereocenters. The molecule has 3 aliphatic rings. The van der Waals surface area contributed by atoms with Gasteiger partial charge in [-0.2, -0.15) is 0 Å². The van der Waals surface area contributed by atoms with Crippen LogP contribution in [0.4, 0.5) is 0 Å². The zero-order valence-corrected chi connectivity index (χ0v) is 28.8. The predicted octanol–water partition coefficient (Wildman–Crippen LogP) is 6.39. The van der Waals surface area contributed by atoms with Crippen LogP contribution in [0.2, 0.25) is 0 Å². The standard InChI is InChI=1S/C38H55N3O5/c1-27(2)16-17-38(36(43)39-20-23-40(5)6)18-21-41(22-19-38)34(42)25-30-12-14-32-35(45-30)31-24-29(13-15-33(31)46-37(32,3)4)44-26-28-10-8-7-9-11-28/h7-11,13,15,24,27,30,32,35H,12,14,16-23,25-26H2,1-6H3,(H,39,43)/t30-,32+,35-/m0/s1. The molecule has 3 atom stereocenters. The smallest absolute Gasteiger partial charge is 0.226 e. The molecule has 252 valence electrons. The molecule has 0 saturated carbocycles. The van der Waals surface area contributed by atoms with Gasteiger partial charge in [-0.3, -0.25) is 9.59 Å². The molecule has 2 aromatic carbocycles. The van der Waals surface area contributed by atoms with E-state index >= 15 is 0 Å². The number of hydrogen-bond donors (Lipinski definition) is 1. The van der Waals surface area contributed by atoms with Gasteiger partial charge < -0.3 is 29.3 Å². The van der Waals surface area contributed by atoms with E-state index in [1.807, 2.05) is 49.3 Å². The summed E-state index contributed by atoms with van der Waals surface area (Å²) in [6.07, 6.45) is 5.07. The lowest BCUT2D eigenvalue weighted by molar-refractivity contribution is -0.161. The Morgan fingerprint density at radius 1 is 1.07 bits per heavy atom. The number of likely N-dealkylation sites (N-methyl/N-ethyl adjacent to an activating group) is 1. The third kappa shape index (κ3) is 8.24. The van der Waals surface area contributed by atoms with Gasteiger partial charge in [-0.15, -0.1) is 0 Å². The number of nitrogens with one attached hydrogen (secondary N) is 1. The third-order valence-electron chi connectivity index (χ3n) is 10.3. The van der Waals surface area contributed by atoms with E-state index in [4.69, 9.17) is 14.2 Å². The molecule has 2 amide bonds. The van der Waals surface area contributed by atoms with Gasteiger partial charge in [0.2, 0.25) is 11.8 Å². The maximum absolute atomic E-state index is 13.7. The zero-order chi connectivity index (χ0) is 32.9. The number of piperidine rings is 1. The van der Waals surface area contributed by atoms with E-state index in [1.165, 1.54) is 0 Å². The minimum atomic E-state index is -0.403. The lowest BCUT2D eigenvalue weighted by atomic mass is 9.72. The highest BCUT2D eigenvalue weighted by atomic mass is 16.5. The van der Waals surface area contributed by atoms with E-state index in [0.717, 1.165) is 54.9 Å². The van der Waals surface area contributed by atoms with Crippen molar-refractivity contribution < 1.29 is 23.8 Å². The Hall–Kier alpha value is -3.10. The van der Waals surface area contributed by atoms with Gasteiger partial charge in [0.25, 0.3) is 0 Å². The van der Waals surface area contributed by atoms with E-state index in [0.29, 0.717) is 51.4 Å². The highest BCUT2D eigenvalue weighted by molar-refractivity contribution is 5.83. The first-order valence-corrected chi connectivity index (χ1v) is 17.3. The largest absolute Gasteiger partial charge is 0.489 e. The van der Waals surface area contributed by atoms with Crippen LogP contribution in [0.3, 0.4) is 0 Å². The van der Waals surface area contributed by atoms with Crippen LogP contribution < -0.4 is 14.8 Å². The number of likely N-dealkylation sites (tertiary alicyclic amines) is 1. The molecule has 1 N–H and O–H groups in total. The summed E-state index contributed by atoms with van der Waals surface area (Å²) in [6.45, 7) is 11.9. The first kappa shape index (κ1) is 34.2. The lowest BCUT2D eigenvalue weighted by Crippen LogP contribution is -2.52. The van der Waals surface area contributed by atoms with Crippen LogP contribution in [0.25, 0.3) is 0 Å². The molecule has 0 aliphatic carbocycles. The predicted molar refractivity (Wildman–Crippen MR) is 181 cm³/mol. The molecule has 2 saturated heterocycles. The summed E-state index contributed by atoms with van der Waals surface area (Å²) in [7, 11) is 4.03. The van der Waals surface area contributed by atoms with Gasteiger partial charge in [-0.1, -0.05) is 44.2 Å². The second-order valence-corrected chi connectivity index (χ2v) is 14.9. The second kappa shape index (κ2) is 14.8. The Morgan fingerprint density at radius 2 is 1.80 bits per heavy atom. The molecule has 8 heteroatoms. The topological polar surface area (TPSA) is 80.3 Å². The van der Waals surface area contributed by atoms with Gasteiger partial charge in [-0.25, -0.2) is 0 Å². The Labute approximate surface area is 276 Å². The van der Waals surface area contributed by atoms with Crippen molar-refractivity contribution in [3.8, 4) is 11.5 Å². The molecule has 0 spiro atoms. The van der Waals surface area contributed by atoms with E-state index in [-0.39, 0.29) is 35.5 Å². The van der Waals surface area contributed by atoms with Crippen LogP contribution in [-0.4, -0.2) is 73.6 Å². The van der Waals surface area contributed by atoms with Crippen molar-refractivity contribution in [2.24, 2.45) is 17.3 Å². The first-order valence-electron chi connectivity index (χ1n) is 17.3. The van der Waals surface area contributed by atoms with Gasteiger partial charge in [0.05, 0.1) is 24.0 Å². The van der Waals surface area contributed by atoms with Gasteiger partial charge in [-0.05, 0) is 96.1 Å². The average Bonchev–Trinajstić information content (AvgIpc) is 3.03. The second-order valence-electron chi connectivity index (χ2n) is 14.9. The van der Waals surface area contributed by atoms with E-state index in [1.54, 1.807) is 0 Å². The Bertz CT molecular complexity index is 1320.